The van der Waals surface area contributed by atoms with Crippen LogP contribution in [0, 0.1) is 0 Å². The minimum atomic E-state index is -0.0734. The predicted molar refractivity (Wildman–Crippen MR) is 97.2 cm³/mol. The monoisotopic (exact) mass is 340 g/mol. The van der Waals surface area contributed by atoms with Crippen LogP contribution in [0.4, 0.5) is 4.79 Å². The maximum atomic E-state index is 12.2. The summed E-state index contributed by atoms with van der Waals surface area (Å²) in [7, 11) is 2.18. The number of aliphatic hydroxyl groups excluding tert-OH is 1. The zero-order valence-corrected chi connectivity index (χ0v) is 15.5. The SMILES string of the molecule is CC(CCCO)NC(=O)NCC1(N2CCCCC2)CCN(C)CC1. The van der Waals surface area contributed by atoms with E-state index in [1.807, 2.05) is 6.92 Å². The van der Waals surface area contributed by atoms with Crippen molar-refractivity contribution < 1.29 is 9.90 Å². The molecule has 3 N–H and O–H groups in total. The van der Waals surface area contributed by atoms with Gasteiger partial charge in [0.1, 0.15) is 0 Å². The average Bonchev–Trinajstić information content (AvgIpc) is 2.60. The summed E-state index contributed by atoms with van der Waals surface area (Å²) in [6, 6.07) is 0.0244. The summed E-state index contributed by atoms with van der Waals surface area (Å²) in [4.78, 5) is 17.3. The lowest BCUT2D eigenvalue weighted by molar-refractivity contribution is 0.0161. The second-order valence-corrected chi connectivity index (χ2v) is 7.67. The summed E-state index contributed by atoms with van der Waals surface area (Å²) in [6.45, 7) is 7.45. The van der Waals surface area contributed by atoms with Gasteiger partial charge in [-0.1, -0.05) is 6.42 Å². The predicted octanol–water partition coefficient (Wildman–Crippen LogP) is 1.40. The van der Waals surface area contributed by atoms with E-state index in [0.29, 0.717) is 0 Å². The minimum Gasteiger partial charge on any atom is -0.396 e. The van der Waals surface area contributed by atoms with Gasteiger partial charge in [-0.15, -0.1) is 0 Å². The van der Waals surface area contributed by atoms with Crippen molar-refractivity contribution in [1.82, 2.24) is 20.4 Å². The number of piperidine rings is 2. The van der Waals surface area contributed by atoms with Gasteiger partial charge in [0.15, 0.2) is 0 Å². The third-order valence-electron chi connectivity index (χ3n) is 5.70. The van der Waals surface area contributed by atoms with Crippen molar-refractivity contribution in [2.75, 3.05) is 46.4 Å². The molecule has 2 fully saturated rings. The quantitative estimate of drug-likeness (QED) is 0.655. The molecule has 24 heavy (non-hydrogen) atoms. The minimum absolute atomic E-state index is 0.0734. The lowest BCUT2D eigenvalue weighted by Crippen LogP contribution is -2.62. The van der Waals surface area contributed by atoms with Gasteiger partial charge in [0.25, 0.3) is 0 Å². The van der Waals surface area contributed by atoms with E-state index in [-0.39, 0.29) is 24.2 Å². The van der Waals surface area contributed by atoms with E-state index >= 15 is 0 Å². The molecule has 2 aliphatic heterocycles. The number of urea groups is 1. The normalized spacial score (nSPS) is 23.6. The van der Waals surface area contributed by atoms with E-state index < -0.39 is 0 Å². The summed E-state index contributed by atoms with van der Waals surface area (Å²) in [5.74, 6) is 0. The van der Waals surface area contributed by atoms with Crippen LogP contribution < -0.4 is 10.6 Å². The lowest BCUT2D eigenvalue weighted by atomic mass is 9.84. The topological polar surface area (TPSA) is 67.8 Å². The number of rotatable bonds is 7. The maximum Gasteiger partial charge on any atom is 0.315 e. The highest BCUT2D eigenvalue weighted by molar-refractivity contribution is 5.74. The number of nitrogens with zero attached hydrogens (tertiary/aromatic N) is 2. The third kappa shape index (κ3) is 5.60. The highest BCUT2D eigenvalue weighted by Crippen LogP contribution is 2.30. The van der Waals surface area contributed by atoms with Gasteiger partial charge in [0, 0.05) is 24.7 Å². The molecule has 2 aliphatic rings. The van der Waals surface area contributed by atoms with Crippen LogP contribution in [0.15, 0.2) is 0 Å². The van der Waals surface area contributed by atoms with Gasteiger partial charge in [-0.25, -0.2) is 4.79 Å². The number of likely N-dealkylation sites (tertiary alicyclic amines) is 2. The highest BCUT2D eigenvalue weighted by Gasteiger charge is 2.39. The fourth-order valence-corrected chi connectivity index (χ4v) is 4.00. The number of nitrogens with one attached hydrogen (secondary N) is 2. The van der Waals surface area contributed by atoms with Crippen LogP contribution in [0.2, 0.25) is 0 Å². The Morgan fingerprint density at radius 3 is 2.46 bits per heavy atom. The fourth-order valence-electron chi connectivity index (χ4n) is 4.00. The molecule has 2 rings (SSSR count). The Morgan fingerprint density at radius 1 is 1.17 bits per heavy atom. The van der Waals surface area contributed by atoms with Crippen LogP contribution >= 0.6 is 0 Å². The smallest absolute Gasteiger partial charge is 0.315 e. The van der Waals surface area contributed by atoms with Gasteiger partial charge in [0.2, 0.25) is 0 Å². The molecule has 1 unspecified atom stereocenters. The lowest BCUT2D eigenvalue weighted by Gasteiger charge is -2.50. The summed E-state index contributed by atoms with van der Waals surface area (Å²) in [5, 5.41) is 15.0. The van der Waals surface area contributed by atoms with Crippen LogP contribution in [0.3, 0.4) is 0 Å². The number of hydrogen-bond acceptors (Lipinski definition) is 4. The molecule has 0 saturated carbocycles. The Labute approximate surface area is 147 Å². The third-order valence-corrected chi connectivity index (χ3v) is 5.70. The molecule has 0 aromatic rings. The number of carbonyl (C=O) groups excluding carboxylic acids is 1. The van der Waals surface area contributed by atoms with Gasteiger partial charge >= 0.3 is 6.03 Å². The number of carbonyl (C=O) groups is 1. The molecule has 140 valence electrons. The van der Waals surface area contributed by atoms with Crippen molar-refractivity contribution in [3.63, 3.8) is 0 Å². The second kappa shape index (κ2) is 9.59. The Kier molecular flexibility index (Phi) is 7.78. The van der Waals surface area contributed by atoms with E-state index in [9.17, 15) is 4.79 Å². The molecule has 2 saturated heterocycles. The molecule has 2 amide bonds. The maximum absolute atomic E-state index is 12.2. The first kappa shape index (κ1) is 19.5. The van der Waals surface area contributed by atoms with Gasteiger partial charge in [0.05, 0.1) is 0 Å². The van der Waals surface area contributed by atoms with Gasteiger partial charge in [-0.3, -0.25) is 4.90 Å². The zero-order chi connectivity index (χ0) is 17.4. The number of aliphatic hydroxyl groups is 1. The van der Waals surface area contributed by atoms with E-state index in [1.54, 1.807) is 0 Å². The first-order chi connectivity index (χ1) is 11.6. The van der Waals surface area contributed by atoms with Gasteiger partial charge in [-0.05, 0) is 78.7 Å². The van der Waals surface area contributed by atoms with Crippen molar-refractivity contribution in [2.45, 2.75) is 63.5 Å². The Hall–Kier alpha value is -0.850. The number of hydrogen-bond donors (Lipinski definition) is 3. The van der Waals surface area contributed by atoms with Crippen molar-refractivity contribution in [3.05, 3.63) is 0 Å². The molecular formula is C18H36N4O2. The van der Waals surface area contributed by atoms with Gasteiger partial charge in [-0.2, -0.15) is 0 Å². The van der Waals surface area contributed by atoms with Crippen LogP contribution in [-0.2, 0) is 0 Å². The molecule has 6 nitrogen and oxygen atoms in total. The first-order valence-electron chi connectivity index (χ1n) is 9.64. The van der Waals surface area contributed by atoms with E-state index in [0.717, 1.165) is 45.3 Å². The molecule has 0 aliphatic carbocycles. The Bertz CT molecular complexity index is 377. The number of amides is 2. The highest BCUT2D eigenvalue weighted by atomic mass is 16.3. The molecule has 0 aromatic heterocycles. The van der Waals surface area contributed by atoms with E-state index in [2.05, 4.69) is 27.5 Å². The zero-order valence-electron chi connectivity index (χ0n) is 15.5. The first-order valence-corrected chi connectivity index (χ1v) is 9.64. The molecule has 0 aromatic carbocycles. The van der Waals surface area contributed by atoms with Crippen molar-refractivity contribution in [1.29, 1.82) is 0 Å². The summed E-state index contributed by atoms with van der Waals surface area (Å²) in [6.07, 6.45) is 7.69. The molecule has 0 radical (unpaired) electrons. The van der Waals surface area contributed by atoms with Crippen molar-refractivity contribution >= 4 is 6.03 Å². The molecule has 1 atom stereocenters. The van der Waals surface area contributed by atoms with E-state index in [4.69, 9.17) is 5.11 Å². The van der Waals surface area contributed by atoms with Crippen LogP contribution in [0.25, 0.3) is 0 Å². The van der Waals surface area contributed by atoms with Crippen molar-refractivity contribution in [3.8, 4) is 0 Å². The van der Waals surface area contributed by atoms with E-state index in [1.165, 1.54) is 32.4 Å². The standard InChI is InChI=1S/C18H36N4O2/c1-16(7-6-14-23)20-17(24)19-15-18(8-12-21(2)13-9-18)22-10-4-3-5-11-22/h16,23H,3-15H2,1-2H3,(H2,19,20,24). The van der Waals surface area contributed by atoms with Crippen LogP contribution in [0.1, 0.15) is 51.9 Å². The Balaban J connectivity index is 1.87. The second-order valence-electron chi connectivity index (χ2n) is 7.67. The average molecular weight is 341 g/mol. The molecule has 0 spiro atoms. The summed E-state index contributed by atoms with van der Waals surface area (Å²) in [5.41, 5.74) is 0.124. The molecule has 2 heterocycles. The van der Waals surface area contributed by atoms with Crippen LogP contribution in [0.5, 0.6) is 0 Å². The van der Waals surface area contributed by atoms with Crippen LogP contribution in [-0.4, -0.2) is 78.9 Å². The Morgan fingerprint density at radius 2 is 1.83 bits per heavy atom. The van der Waals surface area contributed by atoms with Gasteiger partial charge < -0.3 is 20.6 Å². The fraction of sp³-hybridized carbons (Fsp3) is 0.944. The summed E-state index contributed by atoms with van der Waals surface area (Å²) >= 11 is 0. The molecule has 0 bridgehead atoms. The summed E-state index contributed by atoms with van der Waals surface area (Å²) < 4.78 is 0. The molecular weight excluding hydrogens is 304 g/mol. The van der Waals surface area contributed by atoms with Crippen molar-refractivity contribution in [2.24, 2.45) is 0 Å². The largest absolute Gasteiger partial charge is 0.396 e. The molecule has 6 heteroatoms.